The van der Waals surface area contributed by atoms with Crippen LogP contribution in [0.5, 0.6) is 0 Å². The molecule has 1 N–H and O–H groups in total. The molecule has 1 fully saturated rings. The minimum Gasteiger partial charge on any atom is -0.357 e. The molecular weight excluding hydrogens is 272 g/mol. The fraction of sp³-hybridized carbons (Fsp3) is 0.714. The molecule has 0 saturated carbocycles. The van der Waals surface area contributed by atoms with Gasteiger partial charge in [-0.2, -0.15) is 4.98 Å². The highest BCUT2D eigenvalue weighted by Crippen LogP contribution is 2.30. The number of carbonyl (C=O) groups is 2. The van der Waals surface area contributed by atoms with Crippen LogP contribution in [0.4, 0.5) is 0 Å². The summed E-state index contributed by atoms with van der Waals surface area (Å²) < 4.78 is 5.08. The summed E-state index contributed by atoms with van der Waals surface area (Å²) >= 11 is 0. The van der Waals surface area contributed by atoms with Gasteiger partial charge in [-0.1, -0.05) is 12.1 Å². The van der Waals surface area contributed by atoms with E-state index in [2.05, 4.69) is 15.5 Å². The molecule has 0 aliphatic carbocycles. The number of rotatable bonds is 5. The standard InChI is InChI=1S/C14H22N4O3/c1-4-10-16-11(21-17-10)6-7-12(19)18-9-5-8-14(18,2)13(20)15-3/h4-9H2,1-3H3,(H,15,20)/t14-/m0/s1. The van der Waals surface area contributed by atoms with E-state index >= 15 is 0 Å². The van der Waals surface area contributed by atoms with Crippen molar-refractivity contribution in [3.8, 4) is 0 Å². The summed E-state index contributed by atoms with van der Waals surface area (Å²) in [6.07, 6.45) is 2.93. The summed E-state index contributed by atoms with van der Waals surface area (Å²) in [5, 5.41) is 6.45. The second kappa shape index (κ2) is 6.24. The van der Waals surface area contributed by atoms with Gasteiger partial charge in [-0.3, -0.25) is 9.59 Å². The normalized spacial score (nSPS) is 21.6. The average Bonchev–Trinajstić information content (AvgIpc) is 3.11. The molecule has 0 radical (unpaired) electrons. The molecule has 1 aromatic rings. The Balaban J connectivity index is 1.97. The van der Waals surface area contributed by atoms with Gasteiger partial charge in [0, 0.05) is 32.9 Å². The van der Waals surface area contributed by atoms with Crippen LogP contribution in [-0.2, 0) is 22.4 Å². The van der Waals surface area contributed by atoms with Crippen LogP contribution in [0.1, 0.15) is 44.8 Å². The quantitative estimate of drug-likeness (QED) is 0.863. The van der Waals surface area contributed by atoms with E-state index in [1.807, 2.05) is 13.8 Å². The molecule has 0 bridgehead atoms. The number of hydrogen-bond donors (Lipinski definition) is 1. The molecule has 0 spiro atoms. The molecule has 1 aliphatic heterocycles. The van der Waals surface area contributed by atoms with Crippen LogP contribution in [0.2, 0.25) is 0 Å². The van der Waals surface area contributed by atoms with Crippen molar-refractivity contribution in [3.63, 3.8) is 0 Å². The Labute approximate surface area is 124 Å². The highest BCUT2D eigenvalue weighted by Gasteiger charge is 2.44. The Kier molecular flexibility index (Phi) is 4.59. The molecule has 1 aliphatic rings. The molecule has 116 valence electrons. The number of nitrogens with zero attached hydrogens (tertiary/aromatic N) is 3. The number of carbonyl (C=O) groups excluding carboxylic acids is 2. The number of likely N-dealkylation sites (N-methyl/N-ethyl adjacent to an activating group) is 1. The smallest absolute Gasteiger partial charge is 0.245 e. The summed E-state index contributed by atoms with van der Waals surface area (Å²) in [6.45, 7) is 4.38. The summed E-state index contributed by atoms with van der Waals surface area (Å²) in [7, 11) is 1.60. The SMILES string of the molecule is CCc1noc(CCC(=O)N2CCC[C@@]2(C)C(=O)NC)n1. The van der Waals surface area contributed by atoms with Gasteiger partial charge in [-0.15, -0.1) is 0 Å². The van der Waals surface area contributed by atoms with E-state index in [1.54, 1.807) is 11.9 Å². The molecule has 1 saturated heterocycles. The van der Waals surface area contributed by atoms with Crippen molar-refractivity contribution in [2.24, 2.45) is 0 Å². The minimum absolute atomic E-state index is 0.0464. The molecule has 2 heterocycles. The van der Waals surface area contributed by atoms with E-state index < -0.39 is 5.54 Å². The van der Waals surface area contributed by atoms with E-state index in [1.165, 1.54) is 0 Å². The molecular formula is C14H22N4O3. The Bertz CT molecular complexity index is 528. The zero-order chi connectivity index (χ0) is 15.5. The van der Waals surface area contributed by atoms with E-state index in [4.69, 9.17) is 4.52 Å². The van der Waals surface area contributed by atoms with Crippen LogP contribution >= 0.6 is 0 Å². The van der Waals surface area contributed by atoms with E-state index in [-0.39, 0.29) is 18.2 Å². The van der Waals surface area contributed by atoms with Gasteiger partial charge in [0.1, 0.15) is 5.54 Å². The molecule has 7 nitrogen and oxygen atoms in total. The van der Waals surface area contributed by atoms with E-state index in [0.717, 1.165) is 6.42 Å². The number of hydrogen-bond acceptors (Lipinski definition) is 5. The second-order valence-corrected chi connectivity index (χ2v) is 5.46. The zero-order valence-electron chi connectivity index (χ0n) is 12.8. The zero-order valence-corrected chi connectivity index (χ0v) is 12.8. The van der Waals surface area contributed by atoms with Crippen LogP contribution in [0.25, 0.3) is 0 Å². The van der Waals surface area contributed by atoms with Gasteiger partial charge in [0.25, 0.3) is 0 Å². The molecule has 1 atom stereocenters. The highest BCUT2D eigenvalue weighted by atomic mass is 16.5. The summed E-state index contributed by atoms with van der Waals surface area (Å²) in [5.41, 5.74) is -0.741. The Morgan fingerprint density at radius 1 is 1.48 bits per heavy atom. The third kappa shape index (κ3) is 3.06. The lowest BCUT2D eigenvalue weighted by atomic mass is 9.97. The predicted octanol–water partition coefficient (Wildman–Crippen LogP) is 0.692. The van der Waals surface area contributed by atoms with Gasteiger partial charge in [-0.25, -0.2) is 0 Å². The van der Waals surface area contributed by atoms with Gasteiger partial charge in [0.05, 0.1) is 0 Å². The van der Waals surface area contributed by atoms with Crippen molar-refractivity contribution in [1.29, 1.82) is 0 Å². The first-order chi connectivity index (χ1) is 10.0. The monoisotopic (exact) mass is 294 g/mol. The minimum atomic E-state index is -0.741. The number of likely N-dealkylation sites (tertiary alicyclic amines) is 1. The van der Waals surface area contributed by atoms with Gasteiger partial charge in [0.15, 0.2) is 5.82 Å². The molecule has 0 aromatic carbocycles. The third-order valence-corrected chi connectivity index (χ3v) is 4.04. The molecule has 21 heavy (non-hydrogen) atoms. The third-order valence-electron chi connectivity index (χ3n) is 4.04. The van der Waals surface area contributed by atoms with E-state index in [9.17, 15) is 9.59 Å². The van der Waals surface area contributed by atoms with Crippen LogP contribution in [0, 0.1) is 0 Å². The number of aromatic nitrogens is 2. The highest BCUT2D eigenvalue weighted by molar-refractivity contribution is 5.91. The summed E-state index contributed by atoms with van der Waals surface area (Å²) in [6, 6.07) is 0. The maximum Gasteiger partial charge on any atom is 0.245 e. The van der Waals surface area contributed by atoms with Crippen molar-refractivity contribution in [2.75, 3.05) is 13.6 Å². The number of amides is 2. The first-order valence-corrected chi connectivity index (χ1v) is 7.35. The van der Waals surface area contributed by atoms with E-state index in [0.29, 0.717) is 37.5 Å². The van der Waals surface area contributed by atoms with Crippen LogP contribution in [0.3, 0.4) is 0 Å². The summed E-state index contributed by atoms with van der Waals surface area (Å²) in [4.78, 5) is 30.3. The lowest BCUT2D eigenvalue weighted by Crippen LogP contribution is -2.54. The van der Waals surface area contributed by atoms with Crippen molar-refractivity contribution in [3.05, 3.63) is 11.7 Å². The first kappa shape index (κ1) is 15.5. The second-order valence-electron chi connectivity index (χ2n) is 5.46. The lowest BCUT2D eigenvalue weighted by Gasteiger charge is -2.33. The van der Waals surface area contributed by atoms with Gasteiger partial charge >= 0.3 is 0 Å². The fourth-order valence-corrected chi connectivity index (χ4v) is 2.75. The largest absolute Gasteiger partial charge is 0.357 e. The first-order valence-electron chi connectivity index (χ1n) is 7.35. The topological polar surface area (TPSA) is 88.3 Å². The van der Waals surface area contributed by atoms with Gasteiger partial charge in [-0.05, 0) is 19.8 Å². The Morgan fingerprint density at radius 3 is 2.86 bits per heavy atom. The lowest BCUT2D eigenvalue weighted by molar-refractivity contribution is -0.143. The van der Waals surface area contributed by atoms with Crippen LogP contribution in [-0.4, -0.2) is 46.0 Å². The van der Waals surface area contributed by atoms with Crippen molar-refractivity contribution < 1.29 is 14.1 Å². The van der Waals surface area contributed by atoms with Crippen molar-refractivity contribution >= 4 is 11.8 Å². The molecule has 2 amide bonds. The van der Waals surface area contributed by atoms with Gasteiger partial charge < -0.3 is 14.7 Å². The molecule has 2 rings (SSSR count). The summed E-state index contributed by atoms with van der Waals surface area (Å²) in [5.74, 6) is 0.962. The van der Waals surface area contributed by atoms with Crippen LogP contribution in [0.15, 0.2) is 4.52 Å². The number of nitrogens with one attached hydrogen (secondary N) is 1. The molecule has 0 unspecified atom stereocenters. The maximum absolute atomic E-state index is 12.4. The number of aryl methyl sites for hydroxylation is 2. The Morgan fingerprint density at radius 2 is 2.24 bits per heavy atom. The maximum atomic E-state index is 12.4. The van der Waals surface area contributed by atoms with Gasteiger partial charge in [0.2, 0.25) is 17.7 Å². The Hall–Kier alpha value is -1.92. The van der Waals surface area contributed by atoms with Crippen molar-refractivity contribution in [1.82, 2.24) is 20.4 Å². The van der Waals surface area contributed by atoms with Crippen molar-refractivity contribution in [2.45, 2.75) is 51.5 Å². The van der Waals surface area contributed by atoms with Crippen LogP contribution < -0.4 is 5.32 Å². The molecule has 1 aromatic heterocycles. The fourth-order valence-electron chi connectivity index (χ4n) is 2.75. The molecule has 7 heteroatoms. The predicted molar refractivity (Wildman–Crippen MR) is 75.4 cm³/mol. The average molecular weight is 294 g/mol.